The highest BCUT2D eigenvalue weighted by Crippen LogP contribution is 2.43. The lowest BCUT2D eigenvalue weighted by Gasteiger charge is -2.43. The smallest absolute Gasteiger partial charge is 0.410 e. The molecule has 1 amide bonds. The maximum Gasteiger partial charge on any atom is 0.410 e. The molecule has 0 spiro atoms. The Labute approximate surface area is 151 Å². The van der Waals surface area contributed by atoms with Crippen LogP contribution in [0.2, 0.25) is 0 Å². The first kappa shape index (κ1) is 19.8. The van der Waals surface area contributed by atoms with Crippen LogP contribution in [0.25, 0.3) is 0 Å². The van der Waals surface area contributed by atoms with E-state index in [9.17, 15) is 4.79 Å². The number of carbonyl (C=O) groups is 1. The second-order valence-electron chi connectivity index (χ2n) is 8.25. The maximum absolute atomic E-state index is 12.0. The van der Waals surface area contributed by atoms with E-state index in [-0.39, 0.29) is 12.1 Å². The third-order valence-corrected chi connectivity index (χ3v) is 4.98. The van der Waals surface area contributed by atoms with Crippen LogP contribution in [-0.2, 0) is 9.47 Å². The number of rotatable bonds is 6. The molecule has 0 unspecified atom stereocenters. The maximum atomic E-state index is 12.0. The Balaban J connectivity index is 1.70. The van der Waals surface area contributed by atoms with Gasteiger partial charge >= 0.3 is 6.09 Å². The number of nitrogens with one attached hydrogen (secondary N) is 2. The van der Waals surface area contributed by atoms with Crippen molar-refractivity contribution >= 4 is 12.1 Å². The Morgan fingerprint density at radius 1 is 1.32 bits per heavy atom. The summed E-state index contributed by atoms with van der Waals surface area (Å²) in [5.41, 5.74) is -0.109. The van der Waals surface area contributed by atoms with Crippen LogP contribution < -0.4 is 10.6 Å². The lowest BCUT2D eigenvalue weighted by molar-refractivity contribution is 0.00697. The molecule has 25 heavy (non-hydrogen) atoms. The molecule has 0 aromatic rings. The molecule has 7 nitrogen and oxygen atoms in total. The predicted molar refractivity (Wildman–Crippen MR) is 98.9 cm³/mol. The van der Waals surface area contributed by atoms with E-state index in [2.05, 4.69) is 15.6 Å². The molecule has 0 aromatic heterocycles. The molecule has 2 rings (SSSR count). The second-order valence-corrected chi connectivity index (χ2v) is 8.25. The monoisotopic (exact) mass is 354 g/mol. The van der Waals surface area contributed by atoms with Crippen molar-refractivity contribution < 1.29 is 14.3 Å². The van der Waals surface area contributed by atoms with Crippen LogP contribution in [0.15, 0.2) is 4.99 Å². The zero-order chi connectivity index (χ0) is 18.5. The summed E-state index contributed by atoms with van der Waals surface area (Å²) in [5, 5.41) is 6.84. The molecule has 0 aromatic carbocycles. The molecule has 2 N–H and O–H groups in total. The molecule has 0 bridgehead atoms. The number of guanidine groups is 1. The Hall–Kier alpha value is -1.50. The first-order valence-corrected chi connectivity index (χ1v) is 9.21. The minimum atomic E-state index is -0.452. The van der Waals surface area contributed by atoms with Crippen molar-refractivity contribution in [3.63, 3.8) is 0 Å². The number of hydrogen-bond acceptors (Lipinski definition) is 4. The molecule has 1 heterocycles. The van der Waals surface area contributed by atoms with Crippen molar-refractivity contribution in [1.82, 2.24) is 15.5 Å². The summed E-state index contributed by atoms with van der Waals surface area (Å²) in [6, 6.07) is 0.218. The normalized spacial score (nSPS) is 20.5. The van der Waals surface area contributed by atoms with Crippen molar-refractivity contribution in [2.45, 2.75) is 58.1 Å². The van der Waals surface area contributed by atoms with E-state index < -0.39 is 5.60 Å². The molecule has 0 atom stereocenters. The van der Waals surface area contributed by atoms with Gasteiger partial charge in [0.15, 0.2) is 5.96 Å². The Morgan fingerprint density at radius 2 is 2.00 bits per heavy atom. The average Bonchev–Trinajstić information content (AvgIpc) is 2.44. The molecule has 0 radical (unpaired) electrons. The summed E-state index contributed by atoms with van der Waals surface area (Å²) in [6.07, 6.45) is 4.63. The van der Waals surface area contributed by atoms with E-state index >= 15 is 0 Å². The average molecular weight is 354 g/mol. The topological polar surface area (TPSA) is 75.2 Å². The quantitative estimate of drug-likeness (QED) is 0.563. The fourth-order valence-electron chi connectivity index (χ4n) is 3.22. The van der Waals surface area contributed by atoms with Gasteiger partial charge < -0.3 is 25.0 Å². The predicted octanol–water partition coefficient (Wildman–Crippen LogP) is 1.98. The molecular formula is C18H34N4O3. The zero-order valence-corrected chi connectivity index (χ0v) is 16.4. The summed E-state index contributed by atoms with van der Waals surface area (Å²) >= 11 is 0. The number of methoxy groups -OCH3 is 1. The van der Waals surface area contributed by atoms with Crippen LogP contribution in [-0.4, -0.2) is 69.0 Å². The fraction of sp³-hybridized carbons (Fsp3) is 0.889. The summed E-state index contributed by atoms with van der Waals surface area (Å²) in [4.78, 5) is 18.0. The van der Waals surface area contributed by atoms with Gasteiger partial charge in [-0.3, -0.25) is 4.99 Å². The number of nitrogens with zero attached hydrogens (tertiary/aromatic N) is 2. The van der Waals surface area contributed by atoms with Gasteiger partial charge in [0.05, 0.1) is 6.04 Å². The molecule has 2 fully saturated rings. The van der Waals surface area contributed by atoms with Gasteiger partial charge in [-0.1, -0.05) is 6.42 Å². The van der Waals surface area contributed by atoms with E-state index in [1.165, 1.54) is 19.3 Å². The van der Waals surface area contributed by atoms with E-state index in [1.807, 2.05) is 20.8 Å². The standard InChI is InChI=1S/C18H34N4O3/c1-17(2,3)25-16(23)22-11-14(12-22)21-15(19-4)20-13-18(7-6-8-18)9-10-24-5/h14H,6-13H2,1-5H3,(H2,19,20,21). The van der Waals surface area contributed by atoms with Crippen molar-refractivity contribution in [2.24, 2.45) is 10.4 Å². The molecular weight excluding hydrogens is 320 g/mol. The summed E-state index contributed by atoms with van der Waals surface area (Å²) in [6.45, 7) is 8.65. The van der Waals surface area contributed by atoms with E-state index in [1.54, 1.807) is 19.1 Å². The first-order chi connectivity index (χ1) is 11.8. The van der Waals surface area contributed by atoms with Gasteiger partial charge in [0.25, 0.3) is 0 Å². The van der Waals surface area contributed by atoms with Gasteiger partial charge in [0.1, 0.15) is 5.60 Å². The molecule has 1 saturated carbocycles. The van der Waals surface area contributed by atoms with Gasteiger partial charge in [-0.15, -0.1) is 0 Å². The van der Waals surface area contributed by atoms with Crippen molar-refractivity contribution in [3.8, 4) is 0 Å². The minimum Gasteiger partial charge on any atom is -0.444 e. The minimum absolute atomic E-state index is 0.218. The molecule has 144 valence electrons. The molecule has 1 aliphatic heterocycles. The third kappa shape index (κ3) is 5.76. The van der Waals surface area contributed by atoms with Crippen LogP contribution in [0.3, 0.4) is 0 Å². The molecule has 7 heteroatoms. The lowest BCUT2D eigenvalue weighted by Crippen LogP contribution is -2.63. The highest BCUT2D eigenvalue weighted by atomic mass is 16.6. The Morgan fingerprint density at radius 3 is 2.48 bits per heavy atom. The van der Waals surface area contributed by atoms with E-state index in [4.69, 9.17) is 9.47 Å². The first-order valence-electron chi connectivity index (χ1n) is 9.21. The lowest BCUT2D eigenvalue weighted by atomic mass is 9.67. The summed E-state index contributed by atoms with van der Waals surface area (Å²) in [5.74, 6) is 0.803. The van der Waals surface area contributed by atoms with Gasteiger partial charge in [0.2, 0.25) is 0 Å². The van der Waals surface area contributed by atoms with Crippen LogP contribution >= 0.6 is 0 Å². The third-order valence-electron chi connectivity index (χ3n) is 4.98. The van der Waals surface area contributed by atoms with Crippen LogP contribution in [0.4, 0.5) is 4.79 Å². The SMILES string of the molecule is CN=C(NCC1(CCOC)CCC1)NC1CN(C(=O)OC(C)(C)C)C1. The van der Waals surface area contributed by atoms with Crippen molar-refractivity contribution in [1.29, 1.82) is 0 Å². The van der Waals surface area contributed by atoms with E-state index in [0.717, 1.165) is 25.5 Å². The number of hydrogen-bond donors (Lipinski definition) is 2. The van der Waals surface area contributed by atoms with E-state index in [0.29, 0.717) is 18.5 Å². The summed E-state index contributed by atoms with van der Waals surface area (Å²) < 4.78 is 10.6. The number of ether oxygens (including phenoxy) is 2. The number of amides is 1. The fourth-order valence-corrected chi connectivity index (χ4v) is 3.22. The van der Waals surface area contributed by atoms with Crippen LogP contribution in [0.5, 0.6) is 0 Å². The zero-order valence-electron chi connectivity index (χ0n) is 16.4. The summed E-state index contributed by atoms with van der Waals surface area (Å²) in [7, 11) is 3.54. The van der Waals surface area contributed by atoms with Crippen molar-refractivity contribution in [3.05, 3.63) is 0 Å². The molecule has 1 saturated heterocycles. The number of carbonyl (C=O) groups excluding carboxylic acids is 1. The van der Waals surface area contributed by atoms with Crippen LogP contribution in [0, 0.1) is 5.41 Å². The highest BCUT2D eigenvalue weighted by Gasteiger charge is 2.37. The second kappa shape index (κ2) is 8.25. The molecule has 2 aliphatic rings. The van der Waals surface area contributed by atoms with Gasteiger partial charge in [-0.05, 0) is 45.4 Å². The molecule has 1 aliphatic carbocycles. The Kier molecular flexibility index (Phi) is 6.54. The van der Waals surface area contributed by atoms with Gasteiger partial charge in [-0.2, -0.15) is 0 Å². The van der Waals surface area contributed by atoms with Gasteiger partial charge in [0, 0.05) is 40.4 Å². The van der Waals surface area contributed by atoms with Gasteiger partial charge in [-0.25, -0.2) is 4.79 Å². The van der Waals surface area contributed by atoms with Crippen LogP contribution in [0.1, 0.15) is 46.5 Å². The largest absolute Gasteiger partial charge is 0.444 e. The highest BCUT2D eigenvalue weighted by molar-refractivity contribution is 5.80. The number of aliphatic imine (C=N–C) groups is 1. The Bertz CT molecular complexity index is 477. The number of likely N-dealkylation sites (tertiary alicyclic amines) is 1. The van der Waals surface area contributed by atoms with Crippen molar-refractivity contribution in [2.75, 3.05) is 40.4 Å².